The van der Waals surface area contributed by atoms with E-state index in [1.807, 2.05) is 60.8 Å². The zero-order valence-electron chi connectivity index (χ0n) is 17.3. The van der Waals surface area contributed by atoms with Crippen molar-refractivity contribution in [2.75, 3.05) is 6.61 Å². The minimum Gasteiger partial charge on any atom is -0.492 e. The molecular formula is C24H20N2O4S2. The van der Waals surface area contributed by atoms with Gasteiger partial charge >= 0.3 is 0 Å². The van der Waals surface area contributed by atoms with Crippen LogP contribution in [0.2, 0.25) is 0 Å². The Hall–Kier alpha value is -3.10. The van der Waals surface area contributed by atoms with Gasteiger partial charge in [0.05, 0.1) is 17.6 Å². The van der Waals surface area contributed by atoms with Gasteiger partial charge in [0.25, 0.3) is 5.24 Å². The van der Waals surface area contributed by atoms with Crippen molar-refractivity contribution in [3.8, 4) is 27.6 Å². The van der Waals surface area contributed by atoms with Crippen LogP contribution >= 0.6 is 23.1 Å². The molecular weight excluding hydrogens is 444 g/mol. The first-order chi connectivity index (χ1) is 15.6. The van der Waals surface area contributed by atoms with E-state index < -0.39 is 5.25 Å². The van der Waals surface area contributed by atoms with Crippen LogP contribution in [0, 0.1) is 6.92 Å². The van der Waals surface area contributed by atoms with E-state index in [4.69, 9.17) is 9.15 Å². The van der Waals surface area contributed by atoms with Gasteiger partial charge in [0.2, 0.25) is 11.8 Å². The Balaban J connectivity index is 1.30. The van der Waals surface area contributed by atoms with Crippen LogP contribution in [0.1, 0.15) is 17.0 Å². The lowest BCUT2D eigenvalue weighted by atomic mass is 10.1. The molecule has 1 unspecified atom stereocenters. The topological polar surface area (TPSA) is 81.4 Å². The predicted octanol–water partition coefficient (Wildman–Crippen LogP) is 5.33. The quantitative estimate of drug-likeness (QED) is 0.398. The third-order valence-corrected chi connectivity index (χ3v) is 7.19. The highest BCUT2D eigenvalue weighted by atomic mass is 32.2. The SMILES string of the molecule is Cc1oc(-c2ccccc2)nc1CCOc1ccsc2ccc(CC3SC(=O)NC3=O)c1-2. The molecule has 1 atom stereocenters. The molecule has 32 heavy (non-hydrogen) atoms. The summed E-state index contributed by atoms with van der Waals surface area (Å²) in [5.41, 5.74) is 3.84. The number of rotatable bonds is 7. The summed E-state index contributed by atoms with van der Waals surface area (Å²) in [5, 5.41) is 3.66. The first kappa shape index (κ1) is 20.8. The number of hydrogen-bond acceptors (Lipinski definition) is 7. The summed E-state index contributed by atoms with van der Waals surface area (Å²) in [7, 11) is 0. The summed E-state index contributed by atoms with van der Waals surface area (Å²) in [4.78, 5) is 29.2. The molecule has 3 heterocycles. The minimum atomic E-state index is -0.402. The van der Waals surface area contributed by atoms with E-state index in [2.05, 4.69) is 10.3 Å². The molecule has 2 aromatic rings. The van der Waals surface area contributed by atoms with Crippen LogP contribution in [-0.2, 0) is 17.6 Å². The number of aromatic nitrogens is 1. The maximum Gasteiger partial charge on any atom is 0.286 e. The summed E-state index contributed by atoms with van der Waals surface area (Å²) in [6.07, 6.45) is 1.11. The Morgan fingerprint density at radius 1 is 1.12 bits per heavy atom. The first-order valence-electron chi connectivity index (χ1n) is 10.2. The number of carbonyl (C=O) groups excluding carboxylic acids is 2. The number of benzene rings is 1. The molecule has 1 saturated heterocycles. The summed E-state index contributed by atoms with van der Waals surface area (Å²) < 4.78 is 12.0. The van der Waals surface area contributed by atoms with Crippen molar-refractivity contribution in [3.63, 3.8) is 0 Å². The molecule has 8 heteroatoms. The van der Waals surface area contributed by atoms with E-state index in [-0.39, 0.29) is 11.1 Å². The van der Waals surface area contributed by atoms with Crippen LogP contribution in [0.4, 0.5) is 4.79 Å². The maximum absolute atomic E-state index is 12.0. The molecule has 1 N–H and O–H groups in total. The van der Waals surface area contributed by atoms with Gasteiger partial charge in [0.1, 0.15) is 11.5 Å². The summed E-state index contributed by atoms with van der Waals surface area (Å²) in [5.74, 6) is 1.95. The lowest BCUT2D eigenvalue weighted by molar-refractivity contribution is -0.118. The lowest BCUT2D eigenvalue weighted by Crippen LogP contribution is -2.25. The van der Waals surface area contributed by atoms with Gasteiger partial charge in [0, 0.05) is 22.4 Å². The average Bonchev–Trinajstić information content (AvgIpc) is 3.47. The van der Waals surface area contributed by atoms with Gasteiger partial charge < -0.3 is 9.15 Å². The van der Waals surface area contributed by atoms with Gasteiger partial charge in [-0.25, -0.2) is 4.98 Å². The number of nitrogens with zero attached hydrogens (tertiary/aromatic N) is 1. The Labute approximate surface area is 193 Å². The van der Waals surface area contributed by atoms with Crippen LogP contribution in [0.3, 0.4) is 0 Å². The standard InChI is InChI=1S/C24H20N2O4S2/c1-14-17(25-23(30-14)15-5-3-2-4-6-15)9-11-29-18-10-12-31-19-8-7-16(21(18)19)13-20-22(27)26-24(28)32-20/h2-8,10,12,20H,9,11,13H2,1H3,(H,26,27,28). The van der Waals surface area contributed by atoms with Crippen molar-refractivity contribution < 1.29 is 18.7 Å². The Morgan fingerprint density at radius 3 is 2.75 bits per heavy atom. The molecule has 0 saturated carbocycles. The molecule has 162 valence electrons. The molecule has 2 aliphatic heterocycles. The van der Waals surface area contributed by atoms with E-state index in [1.54, 1.807) is 11.3 Å². The van der Waals surface area contributed by atoms with Crippen molar-refractivity contribution in [1.82, 2.24) is 10.3 Å². The highest BCUT2D eigenvalue weighted by molar-refractivity contribution is 8.15. The summed E-state index contributed by atoms with van der Waals surface area (Å²) in [6.45, 7) is 2.37. The molecule has 1 aliphatic carbocycles. The molecule has 1 fully saturated rings. The fourth-order valence-electron chi connectivity index (χ4n) is 3.77. The van der Waals surface area contributed by atoms with Gasteiger partial charge in [-0.3, -0.25) is 14.9 Å². The van der Waals surface area contributed by atoms with E-state index in [0.717, 1.165) is 50.5 Å². The summed E-state index contributed by atoms with van der Waals surface area (Å²) >= 11 is 2.67. The fourth-order valence-corrected chi connectivity index (χ4v) is 5.45. The maximum atomic E-state index is 12.0. The second kappa shape index (κ2) is 8.80. The zero-order valence-corrected chi connectivity index (χ0v) is 18.9. The number of oxazole rings is 1. The number of carbonyl (C=O) groups is 2. The molecule has 0 bridgehead atoms. The van der Waals surface area contributed by atoms with Gasteiger partial charge in [-0.15, -0.1) is 11.3 Å². The number of nitrogens with one attached hydrogen (secondary N) is 1. The third kappa shape index (κ3) is 4.16. The Kier molecular flexibility index (Phi) is 5.71. The number of fused-ring (bicyclic) bond motifs is 1. The third-order valence-electron chi connectivity index (χ3n) is 5.35. The first-order valence-corrected chi connectivity index (χ1v) is 12.0. The van der Waals surface area contributed by atoms with Crippen molar-refractivity contribution in [2.45, 2.75) is 25.0 Å². The largest absolute Gasteiger partial charge is 0.492 e. The molecule has 1 aromatic carbocycles. The normalized spacial score (nSPS) is 16.0. The van der Waals surface area contributed by atoms with Gasteiger partial charge in [-0.1, -0.05) is 36.0 Å². The monoisotopic (exact) mass is 464 g/mol. The van der Waals surface area contributed by atoms with Crippen LogP contribution < -0.4 is 10.1 Å². The number of imide groups is 1. The van der Waals surface area contributed by atoms with Crippen molar-refractivity contribution in [2.24, 2.45) is 0 Å². The van der Waals surface area contributed by atoms with Crippen LogP contribution in [0.5, 0.6) is 5.75 Å². The van der Waals surface area contributed by atoms with E-state index >= 15 is 0 Å². The lowest BCUT2D eigenvalue weighted by Gasteiger charge is -2.13. The number of ether oxygens (including phenoxy) is 1. The summed E-state index contributed by atoms with van der Waals surface area (Å²) in [6, 6.07) is 15.8. The van der Waals surface area contributed by atoms with Gasteiger partial charge in [-0.2, -0.15) is 0 Å². The highest BCUT2D eigenvalue weighted by Crippen LogP contribution is 2.41. The molecule has 2 amide bonds. The van der Waals surface area contributed by atoms with Crippen LogP contribution in [0.15, 0.2) is 58.3 Å². The second-order valence-electron chi connectivity index (χ2n) is 7.46. The van der Waals surface area contributed by atoms with Gasteiger partial charge in [-0.05, 0) is 48.6 Å². The molecule has 0 radical (unpaired) electrons. The smallest absolute Gasteiger partial charge is 0.286 e. The molecule has 3 aliphatic rings. The van der Waals surface area contributed by atoms with Crippen molar-refractivity contribution >= 4 is 34.2 Å². The van der Waals surface area contributed by atoms with Crippen LogP contribution in [0.25, 0.3) is 21.9 Å². The zero-order chi connectivity index (χ0) is 22.1. The molecule has 5 rings (SSSR count). The molecule has 6 nitrogen and oxygen atoms in total. The second-order valence-corrected chi connectivity index (χ2v) is 9.58. The van der Waals surface area contributed by atoms with Crippen molar-refractivity contribution in [3.05, 3.63) is 70.9 Å². The van der Waals surface area contributed by atoms with E-state index in [0.29, 0.717) is 25.3 Å². The fraction of sp³-hybridized carbons (Fsp3) is 0.208. The average molecular weight is 465 g/mol. The predicted molar refractivity (Wildman–Crippen MR) is 125 cm³/mol. The number of amides is 2. The minimum absolute atomic E-state index is 0.229. The van der Waals surface area contributed by atoms with Crippen molar-refractivity contribution in [1.29, 1.82) is 0 Å². The van der Waals surface area contributed by atoms with E-state index in [9.17, 15) is 9.59 Å². The van der Waals surface area contributed by atoms with Gasteiger partial charge in [0.15, 0.2) is 0 Å². The molecule has 1 aromatic heterocycles. The molecule has 0 spiro atoms. The Morgan fingerprint density at radius 2 is 1.97 bits per heavy atom. The van der Waals surface area contributed by atoms with Crippen LogP contribution in [-0.4, -0.2) is 28.0 Å². The number of thioether (sulfide) groups is 1. The number of aryl methyl sites for hydroxylation is 1. The Bertz CT molecular complexity index is 1250. The van der Waals surface area contributed by atoms with E-state index in [1.165, 1.54) is 0 Å². The highest BCUT2D eigenvalue weighted by Gasteiger charge is 2.33. The number of hydrogen-bond donors (Lipinski definition) is 1.